The molecule has 9 heteroatoms. The van der Waals surface area contributed by atoms with Crippen molar-refractivity contribution in [3.05, 3.63) is 105 Å². The van der Waals surface area contributed by atoms with Crippen molar-refractivity contribution in [2.75, 3.05) is 13.2 Å². The molecule has 7 nitrogen and oxygen atoms in total. The van der Waals surface area contributed by atoms with Crippen molar-refractivity contribution in [1.29, 1.82) is 0 Å². The second-order valence-corrected chi connectivity index (χ2v) is 9.64. The average molecular weight is 527 g/mol. The van der Waals surface area contributed by atoms with E-state index < -0.39 is 30.0 Å². The molecule has 2 aliphatic rings. The van der Waals surface area contributed by atoms with Crippen LogP contribution < -0.4 is 5.48 Å². The van der Waals surface area contributed by atoms with Gasteiger partial charge in [-0.25, -0.2) is 5.48 Å². The fraction of sp³-hybridized carbons (Fsp3) is 0.259. The van der Waals surface area contributed by atoms with Gasteiger partial charge in [0.2, 0.25) is 0 Å². The SMILES string of the molecule is O=C(NOCc1ccccc1)C1c2ccccc2C(=O)N(C2COCC2O)C1c1ccc(Cl)cc1Cl. The maximum Gasteiger partial charge on any atom is 0.255 e. The molecule has 4 unspecified atom stereocenters. The second-order valence-electron chi connectivity index (χ2n) is 8.80. The van der Waals surface area contributed by atoms with Crippen LogP contribution in [0.5, 0.6) is 0 Å². The summed E-state index contributed by atoms with van der Waals surface area (Å²) in [6, 6.07) is 19.8. The Morgan fingerprint density at radius 3 is 2.50 bits per heavy atom. The summed E-state index contributed by atoms with van der Waals surface area (Å²) in [6.45, 7) is 0.398. The van der Waals surface area contributed by atoms with Crippen molar-refractivity contribution >= 4 is 35.0 Å². The number of nitrogens with zero attached hydrogens (tertiary/aromatic N) is 1. The number of hydroxylamine groups is 1. The monoisotopic (exact) mass is 526 g/mol. The molecule has 3 aromatic carbocycles. The molecule has 0 radical (unpaired) electrons. The number of rotatable bonds is 6. The zero-order valence-corrected chi connectivity index (χ0v) is 20.7. The standard InChI is InChI=1S/C27H24Cl2N2O5/c28-17-10-11-20(21(29)12-17)25-24(26(33)30-36-13-16-6-2-1-3-7-16)18-8-4-5-9-19(18)27(34)31(25)22-14-35-15-23(22)32/h1-12,22-25,32H,13-15H2,(H,30,33). The average Bonchev–Trinajstić information content (AvgIpc) is 3.30. The summed E-state index contributed by atoms with van der Waals surface area (Å²) in [6.07, 6.45) is -0.911. The summed E-state index contributed by atoms with van der Waals surface area (Å²) in [5.74, 6) is -1.63. The van der Waals surface area contributed by atoms with Crippen LogP contribution in [0.25, 0.3) is 0 Å². The number of fused-ring (bicyclic) bond motifs is 1. The van der Waals surface area contributed by atoms with Gasteiger partial charge in [0.05, 0.1) is 43.9 Å². The molecule has 4 atom stereocenters. The van der Waals surface area contributed by atoms with Crippen LogP contribution in [-0.4, -0.2) is 47.2 Å². The Morgan fingerprint density at radius 1 is 1.03 bits per heavy atom. The fourth-order valence-corrected chi connectivity index (χ4v) is 5.42. The maximum absolute atomic E-state index is 13.8. The molecular formula is C27H24Cl2N2O5. The van der Waals surface area contributed by atoms with Gasteiger partial charge in [-0.3, -0.25) is 14.4 Å². The van der Waals surface area contributed by atoms with E-state index in [4.69, 9.17) is 32.8 Å². The van der Waals surface area contributed by atoms with E-state index in [1.54, 1.807) is 42.5 Å². The minimum absolute atomic E-state index is 0.0915. The molecule has 2 N–H and O–H groups in total. The van der Waals surface area contributed by atoms with Crippen LogP contribution in [0.2, 0.25) is 10.0 Å². The number of halogens is 2. The van der Waals surface area contributed by atoms with E-state index in [1.807, 2.05) is 30.3 Å². The van der Waals surface area contributed by atoms with Crippen molar-refractivity contribution in [2.24, 2.45) is 0 Å². The minimum Gasteiger partial charge on any atom is -0.388 e. The van der Waals surface area contributed by atoms with Gasteiger partial charge in [0, 0.05) is 15.6 Å². The van der Waals surface area contributed by atoms with Gasteiger partial charge in [0.15, 0.2) is 0 Å². The van der Waals surface area contributed by atoms with Crippen LogP contribution in [0.15, 0.2) is 72.8 Å². The highest BCUT2D eigenvalue weighted by atomic mass is 35.5. The molecule has 2 amide bonds. The maximum atomic E-state index is 13.8. The van der Waals surface area contributed by atoms with Crippen molar-refractivity contribution < 1.29 is 24.3 Å². The first-order valence-corrected chi connectivity index (χ1v) is 12.3. The van der Waals surface area contributed by atoms with Gasteiger partial charge in [0.25, 0.3) is 11.8 Å². The lowest BCUT2D eigenvalue weighted by Crippen LogP contribution is -2.54. The first kappa shape index (κ1) is 24.7. The summed E-state index contributed by atoms with van der Waals surface area (Å²) in [4.78, 5) is 34.6. The molecule has 0 aliphatic carbocycles. The largest absolute Gasteiger partial charge is 0.388 e. The molecular weight excluding hydrogens is 503 g/mol. The molecule has 186 valence electrons. The van der Waals surface area contributed by atoms with Gasteiger partial charge in [-0.1, -0.05) is 77.8 Å². The topological polar surface area (TPSA) is 88.1 Å². The smallest absolute Gasteiger partial charge is 0.255 e. The molecule has 1 fully saturated rings. The Bertz CT molecular complexity index is 1270. The number of nitrogens with one attached hydrogen (secondary N) is 1. The lowest BCUT2D eigenvalue weighted by Gasteiger charge is -2.45. The van der Waals surface area contributed by atoms with E-state index in [0.717, 1.165) is 5.56 Å². The number of hydrogen-bond acceptors (Lipinski definition) is 5. The third kappa shape index (κ3) is 4.73. The van der Waals surface area contributed by atoms with Crippen molar-refractivity contribution in [3.63, 3.8) is 0 Å². The highest BCUT2D eigenvalue weighted by Crippen LogP contribution is 2.47. The number of benzene rings is 3. The fourth-order valence-electron chi connectivity index (χ4n) is 4.90. The number of hydrogen-bond donors (Lipinski definition) is 2. The van der Waals surface area contributed by atoms with Crippen LogP contribution in [0, 0.1) is 0 Å². The van der Waals surface area contributed by atoms with E-state index in [-0.39, 0.29) is 25.7 Å². The third-order valence-electron chi connectivity index (χ3n) is 6.57. The highest BCUT2D eigenvalue weighted by molar-refractivity contribution is 6.35. The zero-order chi connectivity index (χ0) is 25.2. The number of aliphatic hydroxyl groups is 1. The van der Waals surface area contributed by atoms with Crippen molar-refractivity contribution in [3.8, 4) is 0 Å². The summed E-state index contributed by atoms with van der Waals surface area (Å²) >= 11 is 12.8. The van der Waals surface area contributed by atoms with Crippen LogP contribution in [0.3, 0.4) is 0 Å². The number of carbonyl (C=O) groups excluding carboxylic acids is 2. The molecule has 2 heterocycles. The van der Waals surface area contributed by atoms with E-state index in [2.05, 4.69) is 5.48 Å². The predicted octanol–water partition coefficient (Wildman–Crippen LogP) is 4.28. The number of carbonyl (C=O) groups is 2. The zero-order valence-electron chi connectivity index (χ0n) is 19.1. The third-order valence-corrected chi connectivity index (χ3v) is 7.14. The summed E-state index contributed by atoms with van der Waals surface area (Å²) in [5.41, 5.74) is 4.92. The van der Waals surface area contributed by atoms with Gasteiger partial charge in [-0.05, 0) is 34.9 Å². The first-order chi connectivity index (χ1) is 17.5. The Balaban J connectivity index is 1.57. The van der Waals surface area contributed by atoms with Crippen LogP contribution in [0.1, 0.15) is 39.0 Å². The van der Waals surface area contributed by atoms with E-state index in [9.17, 15) is 14.7 Å². The Morgan fingerprint density at radius 2 is 1.78 bits per heavy atom. The van der Waals surface area contributed by atoms with Gasteiger partial charge < -0.3 is 14.7 Å². The second kappa shape index (κ2) is 10.6. The molecule has 0 aromatic heterocycles. The molecule has 36 heavy (non-hydrogen) atoms. The number of aliphatic hydroxyl groups excluding tert-OH is 1. The summed E-state index contributed by atoms with van der Waals surface area (Å²) in [5, 5.41) is 11.4. The summed E-state index contributed by atoms with van der Waals surface area (Å²) < 4.78 is 5.48. The summed E-state index contributed by atoms with van der Waals surface area (Å²) in [7, 11) is 0. The molecule has 0 saturated carbocycles. The molecule has 2 aliphatic heterocycles. The predicted molar refractivity (Wildman–Crippen MR) is 135 cm³/mol. The van der Waals surface area contributed by atoms with E-state index >= 15 is 0 Å². The lowest BCUT2D eigenvalue weighted by molar-refractivity contribution is -0.138. The molecule has 3 aromatic rings. The quantitative estimate of drug-likeness (QED) is 0.468. The van der Waals surface area contributed by atoms with Crippen LogP contribution in [-0.2, 0) is 21.0 Å². The van der Waals surface area contributed by atoms with Gasteiger partial charge >= 0.3 is 0 Å². The Labute approximate surface area is 218 Å². The highest BCUT2D eigenvalue weighted by Gasteiger charge is 2.49. The van der Waals surface area contributed by atoms with Gasteiger partial charge in [0.1, 0.15) is 0 Å². The van der Waals surface area contributed by atoms with Crippen LogP contribution >= 0.6 is 23.2 Å². The van der Waals surface area contributed by atoms with Gasteiger partial charge in [-0.2, -0.15) is 0 Å². The molecule has 0 spiro atoms. The number of amides is 2. The normalized spacial score (nSPS) is 23.4. The van der Waals surface area contributed by atoms with Crippen molar-refractivity contribution in [1.82, 2.24) is 10.4 Å². The first-order valence-electron chi connectivity index (χ1n) is 11.5. The van der Waals surface area contributed by atoms with Gasteiger partial charge in [-0.15, -0.1) is 0 Å². The molecule has 1 saturated heterocycles. The Hall–Kier alpha value is -2.94. The molecule has 0 bridgehead atoms. The van der Waals surface area contributed by atoms with E-state index in [0.29, 0.717) is 26.7 Å². The van der Waals surface area contributed by atoms with Crippen LogP contribution in [0.4, 0.5) is 0 Å². The minimum atomic E-state index is -0.911. The Kier molecular flexibility index (Phi) is 7.27. The lowest BCUT2D eigenvalue weighted by atomic mass is 9.78. The number of ether oxygens (including phenoxy) is 1. The van der Waals surface area contributed by atoms with E-state index in [1.165, 1.54) is 4.90 Å². The molecule has 5 rings (SSSR count). The van der Waals surface area contributed by atoms with Crippen molar-refractivity contribution in [2.45, 2.75) is 30.7 Å².